The maximum Gasteiger partial charge on any atom is 0.321 e. The Bertz CT molecular complexity index is 568. The Morgan fingerprint density at radius 2 is 1.83 bits per heavy atom. The summed E-state index contributed by atoms with van der Waals surface area (Å²) >= 11 is 0. The van der Waals surface area contributed by atoms with Crippen LogP contribution in [0.3, 0.4) is 0 Å². The molecule has 132 valence electrons. The Labute approximate surface area is 143 Å². The van der Waals surface area contributed by atoms with Crippen molar-refractivity contribution in [2.75, 3.05) is 36.9 Å². The van der Waals surface area contributed by atoms with Crippen LogP contribution in [0, 0.1) is 5.92 Å². The summed E-state index contributed by atoms with van der Waals surface area (Å²) in [7, 11) is 1.61. The number of carboxylic acids is 1. The van der Waals surface area contributed by atoms with Crippen molar-refractivity contribution in [1.29, 1.82) is 0 Å². The Morgan fingerprint density at radius 3 is 2.46 bits per heavy atom. The molecule has 0 spiro atoms. The van der Waals surface area contributed by atoms with Crippen molar-refractivity contribution < 1.29 is 14.7 Å². The van der Waals surface area contributed by atoms with Gasteiger partial charge in [-0.2, -0.15) is 0 Å². The minimum Gasteiger partial charge on any atom is -0.481 e. The van der Waals surface area contributed by atoms with Crippen LogP contribution in [0.15, 0.2) is 24.3 Å². The van der Waals surface area contributed by atoms with E-state index in [1.54, 1.807) is 14.0 Å². The number of benzene rings is 1. The summed E-state index contributed by atoms with van der Waals surface area (Å²) in [5, 5.41) is 11.9. The summed E-state index contributed by atoms with van der Waals surface area (Å²) in [5.41, 5.74) is 1.81. The second kappa shape index (κ2) is 8.57. The molecule has 2 rings (SSSR count). The molecule has 0 bridgehead atoms. The molecule has 0 radical (unpaired) electrons. The molecule has 1 fully saturated rings. The lowest BCUT2D eigenvalue weighted by Crippen LogP contribution is -2.37. The molecule has 1 unspecified atom stereocenters. The molecule has 1 atom stereocenters. The molecule has 1 aromatic rings. The Hall–Kier alpha value is -2.24. The largest absolute Gasteiger partial charge is 0.481 e. The van der Waals surface area contributed by atoms with Crippen molar-refractivity contribution in [1.82, 2.24) is 4.90 Å². The summed E-state index contributed by atoms with van der Waals surface area (Å²) in [6.45, 7) is 3.77. The number of para-hydroxylation sites is 2. The topological polar surface area (TPSA) is 72.9 Å². The zero-order valence-corrected chi connectivity index (χ0v) is 14.5. The van der Waals surface area contributed by atoms with E-state index in [0.29, 0.717) is 0 Å². The number of nitrogens with zero attached hydrogens (tertiary/aromatic N) is 2. The highest BCUT2D eigenvalue weighted by molar-refractivity contribution is 5.93. The average molecular weight is 333 g/mol. The minimum atomic E-state index is -0.903. The van der Waals surface area contributed by atoms with Gasteiger partial charge in [0.15, 0.2) is 0 Å². The minimum absolute atomic E-state index is 0.174. The fourth-order valence-corrected chi connectivity index (χ4v) is 2.95. The van der Waals surface area contributed by atoms with Crippen LogP contribution in [-0.2, 0) is 4.79 Å². The average Bonchev–Trinajstić information content (AvgIpc) is 2.84. The monoisotopic (exact) mass is 333 g/mol. The fourth-order valence-electron chi connectivity index (χ4n) is 2.95. The van der Waals surface area contributed by atoms with Crippen molar-refractivity contribution in [3.63, 3.8) is 0 Å². The lowest BCUT2D eigenvalue weighted by atomic mass is 10.2. The number of hydrogen-bond donors (Lipinski definition) is 2. The van der Waals surface area contributed by atoms with Crippen molar-refractivity contribution >= 4 is 23.4 Å². The molecule has 6 nitrogen and oxygen atoms in total. The molecular formula is C18H27N3O3. The van der Waals surface area contributed by atoms with Gasteiger partial charge < -0.3 is 20.2 Å². The Balaban J connectivity index is 2.06. The van der Waals surface area contributed by atoms with E-state index in [9.17, 15) is 9.59 Å². The van der Waals surface area contributed by atoms with E-state index in [1.165, 1.54) is 17.7 Å². The smallest absolute Gasteiger partial charge is 0.321 e. The maximum atomic E-state index is 12.4. The van der Waals surface area contributed by atoms with Gasteiger partial charge >= 0.3 is 12.0 Å². The highest BCUT2D eigenvalue weighted by Gasteiger charge is 2.19. The van der Waals surface area contributed by atoms with Crippen LogP contribution in [0.5, 0.6) is 0 Å². The number of hydrogen-bond acceptors (Lipinski definition) is 3. The number of carbonyl (C=O) groups excluding carboxylic acids is 1. The summed E-state index contributed by atoms with van der Waals surface area (Å²) in [5.74, 6) is -1.50. The highest BCUT2D eigenvalue weighted by Crippen LogP contribution is 2.28. The standard InChI is InChI=1S/C18H27N3O3/c1-14(17(22)23)13-20(2)18(24)19-15-9-5-6-10-16(15)21-11-7-3-4-8-12-21/h5-6,9-10,14H,3-4,7-8,11-13H2,1-2H3,(H,19,24)(H,22,23). The number of amides is 2. The van der Waals surface area contributed by atoms with Gasteiger partial charge in [0.2, 0.25) is 0 Å². The third-order valence-corrected chi connectivity index (χ3v) is 4.41. The summed E-state index contributed by atoms with van der Waals surface area (Å²) in [6.07, 6.45) is 4.83. The molecule has 1 aromatic carbocycles. The first-order valence-electron chi connectivity index (χ1n) is 8.58. The molecular weight excluding hydrogens is 306 g/mol. The van der Waals surface area contributed by atoms with Crippen LogP contribution in [0.2, 0.25) is 0 Å². The van der Waals surface area contributed by atoms with E-state index in [1.807, 2.05) is 24.3 Å². The van der Waals surface area contributed by atoms with E-state index in [0.717, 1.165) is 37.3 Å². The van der Waals surface area contributed by atoms with Crippen molar-refractivity contribution in [2.24, 2.45) is 5.92 Å². The quantitative estimate of drug-likeness (QED) is 0.867. The second-order valence-corrected chi connectivity index (χ2v) is 6.47. The van der Waals surface area contributed by atoms with E-state index in [-0.39, 0.29) is 12.6 Å². The fraction of sp³-hybridized carbons (Fsp3) is 0.556. The van der Waals surface area contributed by atoms with Crippen LogP contribution in [0.1, 0.15) is 32.6 Å². The second-order valence-electron chi connectivity index (χ2n) is 6.47. The number of anilines is 2. The van der Waals surface area contributed by atoms with E-state index < -0.39 is 11.9 Å². The summed E-state index contributed by atoms with van der Waals surface area (Å²) < 4.78 is 0. The van der Waals surface area contributed by atoms with Gasteiger partial charge in [-0.05, 0) is 25.0 Å². The zero-order valence-electron chi connectivity index (χ0n) is 14.5. The normalized spacial score (nSPS) is 16.2. The lowest BCUT2D eigenvalue weighted by molar-refractivity contribution is -0.141. The molecule has 0 saturated carbocycles. The van der Waals surface area contributed by atoms with Gasteiger partial charge in [-0.1, -0.05) is 31.9 Å². The van der Waals surface area contributed by atoms with Crippen molar-refractivity contribution in [3.8, 4) is 0 Å². The molecule has 2 N–H and O–H groups in total. The Kier molecular flexibility index (Phi) is 6.46. The molecule has 1 saturated heterocycles. The molecule has 0 aliphatic carbocycles. The van der Waals surface area contributed by atoms with E-state index >= 15 is 0 Å². The molecule has 0 aromatic heterocycles. The van der Waals surface area contributed by atoms with Gasteiger partial charge in [-0.25, -0.2) is 4.79 Å². The maximum absolute atomic E-state index is 12.4. The number of urea groups is 1. The molecule has 6 heteroatoms. The van der Waals surface area contributed by atoms with Gasteiger partial charge in [0.05, 0.1) is 17.3 Å². The van der Waals surface area contributed by atoms with Crippen LogP contribution >= 0.6 is 0 Å². The molecule has 24 heavy (non-hydrogen) atoms. The first-order chi connectivity index (χ1) is 11.5. The SMILES string of the molecule is CC(CN(C)C(=O)Nc1ccccc1N1CCCCCC1)C(=O)O. The van der Waals surface area contributed by atoms with Crippen LogP contribution in [0.25, 0.3) is 0 Å². The Morgan fingerprint density at radius 1 is 1.21 bits per heavy atom. The third kappa shape index (κ3) is 4.88. The van der Waals surface area contributed by atoms with Gasteiger partial charge in [-0.3, -0.25) is 4.79 Å². The zero-order chi connectivity index (χ0) is 17.5. The lowest BCUT2D eigenvalue weighted by Gasteiger charge is -2.27. The van der Waals surface area contributed by atoms with Crippen molar-refractivity contribution in [3.05, 3.63) is 24.3 Å². The van der Waals surface area contributed by atoms with Gasteiger partial charge in [0, 0.05) is 26.7 Å². The number of carbonyl (C=O) groups is 2. The highest BCUT2D eigenvalue weighted by atomic mass is 16.4. The van der Waals surface area contributed by atoms with E-state index in [2.05, 4.69) is 10.2 Å². The third-order valence-electron chi connectivity index (χ3n) is 4.41. The molecule has 1 aliphatic heterocycles. The van der Waals surface area contributed by atoms with Gasteiger partial charge in [0.1, 0.15) is 0 Å². The predicted molar refractivity (Wildman–Crippen MR) is 95.6 cm³/mol. The summed E-state index contributed by atoms with van der Waals surface area (Å²) in [4.78, 5) is 27.1. The van der Waals surface area contributed by atoms with Gasteiger partial charge in [0.25, 0.3) is 0 Å². The van der Waals surface area contributed by atoms with Crippen LogP contribution in [0.4, 0.5) is 16.2 Å². The van der Waals surface area contributed by atoms with Crippen molar-refractivity contribution in [2.45, 2.75) is 32.6 Å². The van der Waals surface area contributed by atoms with E-state index in [4.69, 9.17) is 5.11 Å². The molecule has 1 heterocycles. The van der Waals surface area contributed by atoms with Gasteiger partial charge in [-0.15, -0.1) is 0 Å². The van der Waals surface area contributed by atoms with Crippen LogP contribution < -0.4 is 10.2 Å². The number of rotatable bonds is 5. The first kappa shape index (κ1) is 18.1. The van der Waals surface area contributed by atoms with Crippen LogP contribution in [-0.4, -0.2) is 48.7 Å². The predicted octanol–water partition coefficient (Wildman–Crippen LogP) is 3.25. The first-order valence-corrected chi connectivity index (χ1v) is 8.58. The number of carboxylic acid groups (broad SMARTS) is 1. The molecule has 2 amide bonds. The number of aliphatic carboxylic acids is 1. The number of nitrogens with one attached hydrogen (secondary N) is 1. The molecule has 1 aliphatic rings. The summed E-state index contributed by atoms with van der Waals surface area (Å²) in [6, 6.07) is 7.52.